The minimum atomic E-state index is -0.421. The Hall–Kier alpha value is -1.69. The van der Waals surface area contributed by atoms with Crippen molar-refractivity contribution >= 4 is 11.4 Å². The number of hydrogen-bond acceptors (Lipinski definition) is 5. The highest BCUT2D eigenvalue weighted by atomic mass is 16.6. The van der Waals surface area contributed by atoms with Crippen LogP contribution in [0.4, 0.5) is 11.4 Å². The normalized spacial score (nSPS) is 10.5. The van der Waals surface area contributed by atoms with Gasteiger partial charge in [0.15, 0.2) is 0 Å². The lowest BCUT2D eigenvalue weighted by molar-refractivity contribution is -0.384. The van der Waals surface area contributed by atoms with Gasteiger partial charge < -0.3 is 10.2 Å². The molecule has 0 aliphatic heterocycles. The Morgan fingerprint density at radius 1 is 1.47 bits per heavy atom. The highest BCUT2D eigenvalue weighted by Crippen LogP contribution is 2.21. The molecule has 0 aliphatic rings. The third-order valence-corrected chi connectivity index (χ3v) is 2.34. The number of anilines is 1. The van der Waals surface area contributed by atoms with Gasteiger partial charge in [-0.25, -0.2) is 0 Å². The number of nitrogens with zero attached hydrogens (tertiary/aromatic N) is 3. The van der Waals surface area contributed by atoms with Crippen molar-refractivity contribution in [2.45, 2.75) is 12.8 Å². The zero-order chi connectivity index (χ0) is 12.7. The number of nitrogens with one attached hydrogen (secondary N) is 1. The van der Waals surface area contributed by atoms with Crippen LogP contribution in [0.1, 0.15) is 12.8 Å². The van der Waals surface area contributed by atoms with Gasteiger partial charge in [-0.2, -0.15) is 0 Å². The van der Waals surface area contributed by atoms with Crippen molar-refractivity contribution in [1.29, 1.82) is 0 Å². The molecule has 0 atom stereocenters. The van der Waals surface area contributed by atoms with Gasteiger partial charge in [-0.15, -0.1) is 0 Å². The number of nitro groups is 1. The van der Waals surface area contributed by atoms with E-state index in [0.29, 0.717) is 5.69 Å². The Balaban J connectivity index is 2.39. The summed E-state index contributed by atoms with van der Waals surface area (Å²) >= 11 is 0. The van der Waals surface area contributed by atoms with Crippen molar-refractivity contribution in [2.24, 2.45) is 0 Å². The van der Waals surface area contributed by atoms with Gasteiger partial charge >= 0.3 is 5.69 Å². The maximum atomic E-state index is 10.7. The molecule has 1 N–H and O–H groups in total. The van der Waals surface area contributed by atoms with E-state index in [4.69, 9.17) is 0 Å². The molecule has 0 unspecified atom stereocenters. The standard InChI is InChI=1S/C11H18N4O2/c1-14(2)8-4-3-6-13-10-5-7-12-9-11(10)15(16)17/h5,7,9H,3-4,6,8H2,1-2H3,(H,12,13). The van der Waals surface area contributed by atoms with Crippen molar-refractivity contribution in [3.05, 3.63) is 28.6 Å². The summed E-state index contributed by atoms with van der Waals surface area (Å²) in [5.74, 6) is 0. The molecule has 0 amide bonds. The van der Waals surface area contributed by atoms with E-state index in [2.05, 4.69) is 15.2 Å². The average Bonchev–Trinajstić information content (AvgIpc) is 2.28. The third kappa shape index (κ3) is 4.78. The van der Waals surface area contributed by atoms with E-state index in [-0.39, 0.29) is 5.69 Å². The van der Waals surface area contributed by atoms with Gasteiger partial charge in [0.25, 0.3) is 0 Å². The molecule has 0 aliphatic carbocycles. The highest BCUT2D eigenvalue weighted by Gasteiger charge is 2.11. The van der Waals surface area contributed by atoms with E-state index in [9.17, 15) is 10.1 Å². The van der Waals surface area contributed by atoms with Crippen LogP contribution in [-0.4, -0.2) is 42.0 Å². The van der Waals surface area contributed by atoms with E-state index in [1.54, 1.807) is 12.3 Å². The molecular formula is C11H18N4O2. The van der Waals surface area contributed by atoms with Crippen LogP contribution >= 0.6 is 0 Å². The predicted octanol–water partition coefficient (Wildman–Crippen LogP) is 1.74. The molecule has 1 aromatic heterocycles. The lowest BCUT2D eigenvalue weighted by Crippen LogP contribution is -2.14. The Kier molecular flexibility index (Phi) is 5.35. The summed E-state index contributed by atoms with van der Waals surface area (Å²) in [6.07, 6.45) is 4.87. The van der Waals surface area contributed by atoms with Gasteiger partial charge in [-0.3, -0.25) is 15.1 Å². The van der Waals surface area contributed by atoms with Crippen molar-refractivity contribution in [3.8, 4) is 0 Å². The maximum absolute atomic E-state index is 10.7. The maximum Gasteiger partial charge on any atom is 0.310 e. The van der Waals surface area contributed by atoms with Crippen LogP contribution < -0.4 is 5.32 Å². The number of aromatic nitrogens is 1. The molecule has 1 rings (SSSR count). The van der Waals surface area contributed by atoms with Gasteiger partial charge in [0.1, 0.15) is 11.9 Å². The van der Waals surface area contributed by atoms with E-state index < -0.39 is 4.92 Å². The second-order valence-corrected chi connectivity index (χ2v) is 4.09. The fourth-order valence-electron chi connectivity index (χ4n) is 1.46. The molecular weight excluding hydrogens is 220 g/mol. The van der Waals surface area contributed by atoms with Crippen LogP contribution in [0.15, 0.2) is 18.5 Å². The average molecular weight is 238 g/mol. The first kappa shape index (κ1) is 13.4. The van der Waals surface area contributed by atoms with Crippen LogP contribution in [0.3, 0.4) is 0 Å². The Bertz CT molecular complexity index is 368. The first-order valence-corrected chi connectivity index (χ1v) is 5.58. The SMILES string of the molecule is CN(C)CCCCNc1ccncc1[N+](=O)[O-]. The number of unbranched alkanes of at least 4 members (excludes halogenated alkanes) is 1. The van der Waals surface area contributed by atoms with Crippen molar-refractivity contribution in [1.82, 2.24) is 9.88 Å². The summed E-state index contributed by atoms with van der Waals surface area (Å²) in [6.45, 7) is 1.76. The molecule has 1 heterocycles. The minimum Gasteiger partial charge on any atom is -0.379 e. The molecule has 0 radical (unpaired) electrons. The minimum absolute atomic E-state index is 0.0279. The van der Waals surface area contributed by atoms with Gasteiger partial charge in [0.2, 0.25) is 0 Å². The summed E-state index contributed by atoms with van der Waals surface area (Å²) < 4.78 is 0. The number of rotatable bonds is 7. The van der Waals surface area contributed by atoms with E-state index >= 15 is 0 Å². The first-order valence-electron chi connectivity index (χ1n) is 5.58. The predicted molar refractivity (Wildman–Crippen MR) is 67.2 cm³/mol. The summed E-state index contributed by atoms with van der Waals surface area (Å²) in [4.78, 5) is 16.2. The van der Waals surface area contributed by atoms with Gasteiger partial charge in [0.05, 0.1) is 4.92 Å². The van der Waals surface area contributed by atoms with Crippen LogP contribution in [0.25, 0.3) is 0 Å². The lowest BCUT2D eigenvalue weighted by atomic mass is 10.3. The summed E-state index contributed by atoms with van der Waals surface area (Å²) in [5.41, 5.74) is 0.565. The van der Waals surface area contributed by atoms with E-state index in [0.717, 1.165) is 25.9 Å². The van der Waals surface area contributed by atoms with Crippen molar-refractivity contribution < 1.29 is 4.92 Å². The third-order valence-electron chi connectivity index (χ3n) is 2.34. The zero-order valence-corrected chi connectivity index (χ0v) is 10.2. The Morgan fingerprint density at radius 2 is 2.24 bits per heavy atom. The smallest absolute Gasteiger partial charge is 0.310 e. The van der Waals surface area contributed by atoms with Crippen LogP contribution in [0.5, 0.6) is 0 Å². The van der Waals surface area contributed by atoms with Crippen molar-refractivity contribution in [3.63, 3.8) is 0 Å². The summed E-state index contributed by atoms with van der Waals surface area (Å²) in [5, 5.41) is 13.8. The molecule has 0 aromatic carbocycles. The molecule has 0 bridgehead atoms. The van der Waals surface area contributed by atoms with Crippen LogP contribution in [0.2, 0.25) is 0 Å². The molecule has 0 spiro atoms. The monoisotopic (exact) mass is 238 g/mol. The number of hydrogen-bond donors (Lipinski definition) is 1. The molecule has 94 valence electrons. The van der Waals surface area contributed by atoms with E-state index in [1.165, 1.54) is 6.20 Å². The largest absolute Gasteiger partial charge is 0.379 e. The quantitative estimate of drug-likeness (QED) is 0.445. The fourth-order valence-corrected chi connectivity index (χ4v) is 1.46. The van der Waals surface area contributed by atoms with Crippen LogP contribution in [0, 0.1) is 10.1 Å². The Labute approximate surface area is 101 Å². The molecule has 0 fully saturated rings. The molecule has 6 nitrogen and oxygen atoms in total. The van der Waals surface area contributed by atoms with Gasteiger partial charge in [0, 0.05) is 12.7 Å². The molecule has 17 heavy (non-hydrogen) atoms. The topological polar surface area (TPSA) is 71.3 Å². The second kappa shape index (κ2) is 6.80. The molecule has 0 saturated carbocycles. The molecule has 0 saturated heterocycles. The lowest BCUT2D eigenvalue weighted by Gasteiger charge is -2.09. The van der Waals surface area contributed by atoms with E-state index in [1.807, 2.05) is 14.1 Å². The first-order chi connectivity index (χ1) is 8.11. The van der Waals surface area contributed by atoms with Crippen LogP contribution in [-0.2, 0) is 0 Å². The number of pyridine rings is 1. The van der Waals surface area contributed by atoms with Gasteiger partial charge in [-0.05, 0) is 39.5 Å². The van der Waals surface area contributed by atoms with Crippen molar-refractivity contribution in [2.75, 3.05) is 32.5 Å². The second-order valence-electron chi connectivity index (χ2n) is 4.09. The summed E-state index contributed by atoms with van der Waals surface area (Å²) in [6, 6.07) is 1.63. The zero-order valence-electron chi connectivity index (χ0n) is 10.2. The summed E-state index contributed by atoms with van der Waals surface area (Å²) in [7, 11) is 4.06. The molecule has 1 aromatic rings. The highest BCUT2D eigenvalue weighted by molar-refractivity contribution is 5.59. The fraction of sp³-hybridized carbons (Fsp3) is 0.545. The molecule has 6 heteroatoms. The Morgan fingerprint density at radius 3 is 2.88 bits per heavy atom. The van der Waals surface area contributed by atoms with Gasteiger partial charge in [-0.1, -0.05) is 0 Å².